The lowest BCUT2D eigenvalue weighted by molar-refractivity contribution is -0.112. The van der Waals surface area contributed by atoms with Crippen molar-refractivity contribution in [2.75, 3.05) is 5.32 Å². The maximum Gasteiger partial charge on any atom is 0.266 e. The summed E-state index contributed by atoms with van der Waals surface area (Å²) in [6.07, 6.45) is 1.57. The average molecular weight is 489 g/mol. The molecule has 1 aromatic heterocycles. The quantitative estimate of drug-likeness (QED) is 0.194. The summed E-state index contributed by atoms with van der Waals surface area (Å²) >= 11 is 0. The summed E-state index contributed by atoms with van der Waals surface area (Å²) in [7, 11) is 0. The first kappa shape index (κ1) is 24.8. The van der Waals surface area contributed by atoms with Gasteiger partial charge in [0.2, 0.25) is 0 Å². The second-order valence-electron chi connectivity index (χ2n) is 8.38. The summed E-state index contributed by atoms with van der Waals surface area (Å²) in [5.74, 6) is 0.236. The molecule has 0 fully saturated rings. The van der Waals surface area contributed by atoms with Crippen LogP contribution in [0.25, 0.3) is 11.8 Å². The van der Waals surface area contributed by atoms with E-state index in [2.05, 4.69) is 11.4 Å². The molecule has 7 nitrogen and oxygen atoms in total. The molecular formula is C30H24N4O3. The summed E-state index contributed by atoms with van der Waals surface area (Å²) < 4.78 is 7.91. The van der Waals surface area contributed by atoms with Gasteiger partial charge < -0.3 is 19.7 Å². The van der Waals surface area contributed by atoms with Gasteiger partial charge >= 0.3 is 0 Å². The fourth-order valence-electron chi connectivity index (χ4n) is 3.99. The number of aryl methyl sites for hydroxylation is 1. The zero-order valence-electron chi connectivity index (χ0n) is 20.4. The topological polar surface area (TPSA) is 111 Å². The first-order chi connectivity index (χ1) is 17.9. The smallest absolute Gasteiger partial charge is 0.266 e. The molecule has 0 aliphatic carbocycles. The monoisotopic (exact) mass is 488 g/mol. The molecule has 0 saturated carbocycles. The first-order valence-corrected chi connectivity index (χ1v) is 11.5. The molecule has 0 aliphatic rings. The molecule has 3 aromatic carbocycles. The van der Waals surface area contributed by atoms with Gasteiger partial charge in [-0.1, -0.05) is 18.2 Å². The Morgan fingerprint density at radius 1 is 1.03 bits per heavy atom. The number of carbonyl (C=O) groups excluding carboxylic acids is 1. The van der Waals surface area contributed by atoms with Crippen molar-refractivity contribution < 1.29 is 14.6 Å². The number of nitriles is 2. The number of nitrogens with one attached hydrogen (secondary N) is 1. The van der Waals surface area contributed by atoms with E-state index in [-0.39, 0.29) is 11.3 Å². The highest BCUT2D eigenvalue weighted by Crippen LogP contribution is 2.25. The van der Waals surface area contributed by atoms with E-state index in [1.807, 2.05) is 73.0 Å². The predicted octanol–water partition coefficient (Wildman–Crippen LogP) is 5.80. The lowest BCUT2D eigenvalue weighted by Gasteiger charge is -2.12. The van der Waals surface area contributed by atoms with Crippen molar-refractivity contribution in [1.29, 1.82) is 10.5 Å². The predicted molar refractivity (Wildman–Crippen MR) is 141 cm³/mol. The number of aromatic hydroxyl groups is 1. The fourth-order valence-corrected chi connectivity index (χ4v) is 3.99. The summed E-state index contributed by atoms with van der Waals surface area (Å²) in [6.45, 7) is 4.17. The fraction of sp³-hybridized carbons (Fsp3) is 0.100. The normalized spacial score (nSPS) is 10.9. The molecule has 4 rings (SSSR count). The van der Waals surface area contributed by atoms with E-state index in [0.717, 1.165) is 28.2 Å². The van der Waals surface area contributed by atoms with E-state index in [4.69, 9.17) is 4.74 Å². The van der Waals surface area contributed by atoms with Crippen LogP contribution < -0.4 is 10.1 Å². The van der Waals surface area contributed by atoms with Gasteiger partial charge in [-0.3, -0.25) is 4.79 Å². The van der Waals surface area contributed by atoms with E-state index in [1.54, 1.807) is 24.3 Å². The minimum atomic E-state index is -0.530. The van der Waals surface area contributed by atoms with Crippen LogP contribution in [0.3, 0.4) is 0 Å². The molecule has 1 amide bonds. The summed E-state index contributed by atoms with van der Waals surface area (Å²) in [6, 6.07) is 27.0. The van der Waals surface area contributed by atoms with Crippen molar-refractivity contribution in [3.05, 3.63) is 113 Å². The van der Waals surface area contributed by atoms with Crippen LogP contribution in [0.4, 0.5) is 5.69 Å². The molecule has 7 heteroatoms. The van der Waals surface area contributed by atoms with E-state index in [9.17, 15) is 20.4 Å². The minimum absolute atomic E-state index is 0.0327. The Bertz CT molecular complexity index is 1550. The molecular weight excluding hydrogens is 464 g/mol. The Morgan fingerprint density at radius 2 is 1.73 bits per heavy atom. The Hall–Kier alpha value is -5.27. The number of anilines is 1. The summed E-state index contributed by atoms with van der Waals surface area (Å²) in [4.78, 5) is 12.6. The SMILES string of the molecule is Cc1cc(C=C(C#N)C(=O)Nc2ccc(O)cc2)c(C)n1-c1ccc(OCc2ccccc2C#N)cc1. The Morgan fingerprint density at radius 3 is 2.41 bits per heavy atom. The number of hydrogen-bond donors (Lipinski definition) is 2. The summed E-state index contributed by atoms with van der Waals surface area (Å²) in [5.41, 5.74) is 5.34. The number of amides is 1. The van der Waals surface area contributed by atoms with Crippen molar-refractivity contribution in [3.8, 4) is 29.3 Å². The molecule has 182 valence electrons. The molecule has 37 heavy (non-hydrogen) atoms. The Balaban J connectivity index is 1.51. The molecule has 0 spiro atoms. The number of hydrogen-bond acceptors (Lipinski definition) is 5. The first-order valence-electron chi connectivity index (χ1n) is 11.5. The number of nitrogens with zero attached hydrogens (tertiary/aromatic N) is 3. The lowest BCUT2D eigenvalue weighted by Crippen LogP contribution is -2.13. The molecule has 0 radical (unpaired) electrons. The van der Waals surface area contributed by atoms with E-state index in [0.29, 0.717) is 23.6 Å². The van der Waals surface area contributed by atoms with Gasteiger partial charge in [0.1, 0.15) is 29.7 Å². The average Bonchev–Trinajstić information content (AvgIpc) is 3.19. The molecule has 0 atom stereocenters. The van der Waals surface area contributed by atoms with Crippen LogP contribution in [0.15, 0.2) is 84.4 Å². The van der Waals surface area contributed by atoms with Crippen LogP contribution in [0.1, 0.15) is 28.1 Å². The number of carbonyl (C=O) groups is 1. The van der Waals surface area contributed by atoms with Gasteiger partial charge in [0.05, 0.1) is 11.6 Å². The van der Waals surface area contributed by atoms with Crippen molar-refractivity contribution >= 4 is 17.7 Å². The maximum absolute atomic E-state index is 12.6. The van der Waals surface area contributed by atoms with E-state index < -0.39 is 5.91 Å². The van der Waals surface area contributed by atoms with Gasteiger partial charge in [0.25, 0.3) is 5.91 Å². The number of phenols is 1. The number of benzene rings is 3. The lowest BCUT2D eigenvalue weighted by atomic mass is 10.1. The highest BCUT2D eigenvalue weighted by atomic mass is 16.5. The van der Waals surface area contributed by atoms with Crippen LogP contribution in [-0.4, -0.2) is 15.6 Å². The molecule has 4 aromatic rings. The van der Waals surface area contributed by atoms with Crippen LogP contribution in [-0.2, 0) is 11.4 Å². The second-order valence-corrected chi connectivity index (χ2v) is 8.38. The molecule has 0 unspecified atom stereocenters. The van der Waals surface area contributed by atoms with E-state index in [1.165, 1.54) is 12.1 Å². The van der Waals surface area contributed by atoms with Crippen LogP contribution in [0.5, 0.6) is 11.5 Å². The molecule has 1 heterocycles. The van der Waals surface area contributed by atoms with Gasteiger partial charge in [-0.2, -0.15) is 10.5 Å². The van der Waals surface area contributed by atoms with Gasteiger partial charge in [-0.25, -0.2) is 0 Å². The zero-order valence-corrected chi connectivity index (χ0v) is 20.4. The third-order valence-electron chi connectivity index (χ3n) is 5.89. The minimum Gasteiger partial charge on any atom is -0.508 e. The molecule has 0 bridgehead atoms. The number of ether oxygens (including phenoxy) is 1. The van der Waals surface area contributed by atoms with Crippen molar-refractivity contribution in [1.82, 2.24) is 4.57 Å². The largest absolute Gasteiger partial charge is 0.508 e. The Labute approximate surface area is 215 Å². The number of rotatable bonds is 7. The molecule has 2 N–H and O–H groups in total. The van der Waals surface area contributed by atoms with Gasteiger partial charge in [-0.15, -0.1) is 0 Å². The van der Waals surface area contributed by atoms with Crippen molar-refractivity contribution in [2.45, 2.75) is 20.5 Å². The van der Waals surface area contributed by atoms with Gasteiger partial charge in [0.15, 0.2) is 0 Å². The van der Waals surface area contributed by atoms with Crippen molar-refractivity contribution in [3.63, 3.8) is 0 Å². The highest BCUT2D eigenvalue weighted by molar-refractivity contribution is 6.09. The summed E-state index contributed by atoms with van der Waals surface area (Å²) in [5, 5.41) is 30.9. The maximum atomic E-state index is 12.6. The highest BCUT2D eigenvalue weighted by Gasteiger charge is 2.14. The number of aromatic nitrogens is 1. The third-order valence-corrected chi connectivity index (χ3v) is 5.89. The van der Waals surface area contributed by atoms with E-state index >= 15 is 0 Å². The third kappa shape index (κ3) is 5.70. The van der Waals surface area contributed by atoms with Crippen LogP contribution in [0.2, 0.25) is 0 Å². The molecule has 0 saturated heterocycles. The van der Waals surface area contributed by atoms with Crippen LogP contribution >= 0.6 is 0 Å². The second kappa shape index (κ2) is 11.0. The zero-order chi connectivity index (χ0) is 26.4. The standard InChI is InChI=1S/C30H24N4O3/c1-20-15-24(16-25(18-32)30(36)33-26-7-11-28(35)12-8-26)21(2)34(20)27-9-13-29(14-10-27)37-19-23-6-4-3-5-22(23)17-31/h3-16,35H,19H2,1-2H3,(H,33,36). The van der Waals surface area contributed by atoms with Crippen molar-refractivity contribution in [2.24, 2.45) is 0 Å². The van der Waals surface area contributed by atoms with Gasteiger partial charge in [0, 0.05) is 28.3 Å². The van der Waals surface area contributed by atoms with Gasteiger partial charge in [-0.05, 0) is 86.2 Å². The number of phenolic OH excluding ortho intramolecular Hbond substituents is 1. The Kier molecular flexibility index (Phi) is 7.37. The molecule has 0 aliphatic heterocycles. The van der Waals surface area contributed by atoms with Crippen LogP contribution in [0, 0.1) is 36.5 Å².